The van der Waals surface area contributed by atoms with Gasteiger partial charge in [-0.3, -0.25) is 4.98 Å². The highest BCUT2D eigenvalue weighted by Crippen LogP contribution is 2.12. The number of aliphatic hydroxyl groups is 1. The zero-order valence-corrected chi connectivity index (χ0v) is 10.0. The van der Waals surface area contributed by atoms with Crippen LogP contribution in [0.25, 0.3) is 0 Å². The highest BCUT2D eigenvalue weighted by Gasteiger charge is 1.98. The summed E-state index contributed by atoms with van der Waals surface area (Å²) in [5, 5.41) is 8.94. The van der Waals surface area contributed by atoms with Gasteiger partial charge in [-0.2, -0.15) is 0 Å². The van der Waals surface area contributed by atoms with Gasteiger partial charge in [-0.25, -0.2) is 0 Å². The Morgan fingerprint density at radius 2 is 1.78 bits per heavy atom. The van der Waals surface area contributed by atoms with Crippen molar-refractivity contribution in [2.45, 2.75) is 19.8 Å². The van der Waals surface area contributed by atoms with Crippen molar-refractivity contribution < 1.29 is 9.84 Å². The van der Waals surface area contributed by atoms with Crippen LogP contribution in [0, 0.1) is 0 Å². The van der Waals surface area contributed by atoms with Gasteiger partial charge in [0.05, 0.1) is 18.5 Å². The molecule has 3 N–H and O–H groups in total. The normalized spacial score (nSPS) is 10.3. The molecule has 4 heteroatoms. The second kappa shape index (κ2) is 6.14. The molecule has 0 aliphatic rings. The minimum atomic E-state index is 0.0611. The van der Waals surface area contributed by atoms with E-state index in [2.05, 4.69) is 4.98 Å². The van der Waals surface area contributed by atoms with Crippen molar-refractivity contribution >= 4 is 0 Å². The van der Waals surface area contributed by atoms with Gasteiger partial charge in [-0.05, 0) is 23.3 Å². The first-order valence-electron chi connectivity index (χ1n) is 5.78. The molecule has 2 aromatic rings. The summed E-state index contributed by atoms with van der Waals surface area (Å²) in [6.07, 6.45) is 1.67. The summed E-state index contributed by atoms with van der Waals surface area (Å²) in [5.41, 5.74) is 8.26. The number of pyridine rings is 1. The lowest BCUT2D eigenvalue weighted by Gasteiger charge is -2.07. The van der Waals surface area contributed by atoms with E-state index in [0.29, 0.717) is 13.2 Å². The minimum absolute atomic E-state index is 0.0611. The highest BCUT2D eigenvalue weighted by atomic mass is 16.5. The van der Waals surface area contributed by atoms with Gasteiger partial charge in [-0.15, -0.1) is 0 Å². The number of nitrogens with zero attached hydrogens (tertiary/aromatic N) is 1. The molecule has 4 nitrogen and oxygen atoms in total. The smallest absolute Gasteiger partial charge is 0.138 e. The zero-order chi connectivity index (χ0) is 12.8. The third-order valence-electron chi connectivity index (χ3n) is 2.62. The molecule has 0 saturated carbocycles. The van der Waals surface area contributed by atoms with Crippen LogP contribution in [0.3, 0.4) is 0 Å². The predicted octanol–water partition coefficient (Wildman–Crippen LogP) is 1.61. The van der Waals surface area contributed by atoms with Crippen molar-refractivity contribution in [3.05, 3.63) is 59.4 Å². The summed E-state index contributed by atoms with van der Waals surface area (Å²) < 4.78 is 5.60. The molecule has 0 aliphatic heterocycles. The molecule has 0 aliphatic carbocycles. The van der Waals surface area contributed by atoms with Crippen molar-refractivity contribution in [3.8, 4) is 5.75 Å². The van der Waals surface area contributed by atoms with Crippen molar-refractivity contribution in [2.24, 2.45) is 5.73 Å². The molecule has 0 unspecified atom stereocenters. The number of aromatic nitrogens is 1. The van der Waals surface area contributed by atoms with Gasteiger partial charge in [0.25, 0.3) is 0 Å². The lowest BCUT2D eigenvalue weighted by atomic mass is 10.1. The van der Waals surface area contributed by atoms with E-state index in [0.717, 1.165) is 22.6 Å². The molecule has 1 aromatic heterocycles. The SMILES string of the molecule is NCc1ccc(OCc2ccc(CO)cc2)cn1. The van der Waals surface area contributed by atoms with Gasteiger partial charge >= 0.3 is 0 Å². The maximum atomic E-state index is 8.94. The molecule has 2 rings (SSSR count). The molecular weight excluding hydrogens is 228 g/mol. The number of nitrogens with two attached hydrogens (primary N) is 1. The minimum Gasteiger partial charge on any atom is -0.487 e. The fraction of sp³-hybridized carbons (Fsp3) is 0.214. The Morgan fingerprint density at radius 3 is 2.33 bits per heavy atom. The van der Waals surface area contributed by atoms with Crippen LogP contribution in [-0.2, 0) is 19.8 Å². The van der Waals surface area contributed by atoms with Crippen molar-refractivity contribution in [1.82, 2.24) is 4.98 Å². The molecular formula is C14H16N2O2. The van der Waals surface area contributed by atoms with Crippen LogP contribution in [0.4, 0.5) is 0 Å². The quantitative estimate of drug-likeness (QED) is 0.838. The van der Waals surface area contributed by atoms with E-state index in [1.807, 2.05) is 36.4 Å². The van der Waals surface area contributed by atoms with E-state index in [1.165, 1.54) is 0 Å². The topological polar surface area (TPSA) is 68.4 Å². The van der Waals surface area contributed by atoms with Gasteiger partial charge in [0.15, 0.2) is 0 Å². The Morgan fingerprint density at radius 1 is 1.06 bits per heavy atom. The largest absolute Gasteiger partial charge is 0.487 e. The summed E-state index contributed by atoms with van der Waals surface area (Å²) in [4.78, 5) is 4.15. The van der Waals surface area contributed by atoms with E-state index in [4.69, 9.17) is 15.6 Å². The Bertz CT molecular complexity index is 433. The Labute approximate surface area is 106 Å². The van der Waals surface area contributed by atoms with Crippen LogP contribution < -0.4 is 10.5 Å². The first kappa shape index (κ1) is 12.5. The van der Waals surface area contributed by atoms with E-state index in [-0.39, 0.29) is 6.61 Å². The average Bonchev–Trinajstić information content (AvgIpc) is 2.46. The Balaban J connectivity index is 1.93. The number of rotatable bonds is 5. The van der Waals surface area contributed by atoms with Gasteiger partial charge in [0.1, 0.15) is 12.4 Å². The van der Waals surface area contributed by atoms with Gasteiger partial charge in [0, 0.05) is 6.54 Å². The number of benzene rings is 1. The third kappa shape index (κ3) is 3.29. The summed E-state index contributed by atoms with van der Waals surface area (Å²) in [6, 6.07) is 11.4. The highest BCUT2D eigenvalue weighted by molar-refractivity contribution is 5.23. The molecule has 18 heavy (non-hydrogen) atoms. The summed E-state index contributed by atoms with van der Waals surface area (Å²) in [6.45, 7) is 0.976. The van der Waals surface area contributed by atoms with Crippen LogP contribution in [-0.4, -0.2) is 10.1 Å². The molecule has 1 aromatic carbocycles. The summed E-state index contributed by atoms with van der Waals surface area (Å²) in [5.74, 6) is 0.721. The maximum Gasteiger partial charge on any atom is 0.138 e. The molecule has 1 heterocycles. The first-order valence-corrected chi connectivity index (χ1v) is 5.78. The van der Waals surface area contributed by atoms with E-state index in [1.54, 1.807) is 6.20 Å². The van der Waals surface area contributed by atoms with Crippen LogP contribution in [0.15, 0.2) is 42.6 Å². The van der Waals surface area contributed by atoms with Crippen LogP contribution in [0.5, 0.6) is 5.75 Å². The molecule has 0 fully saturated rings. The van der Waals surface area contributed by atoms with Crippen LogP contribution in [0.1, 0.15) is 16.8 Å². The Kier molecular flexibility index (Phi) is 4.28. The van der Waals surface area contributed by atoms with Gasteiger partial charge in [0.2, 0.25) is 0 Å². The van der Waals surface area contributed by atoms with Crippen molar-refractivity contribution in [1.29, 1.82) is 0 Å². The molecule has 94 valence electrons. The van der Waals surface area contributed by atoms with Crippen LogP contribution in [0.2, 0.25) is 0 Å². The fourth-order valence-corrected chi connectivity index (χ4v) is 1.52. The number of hydrogen-bond acceptors (Lipinski definition) is 4. The second-order valence-corrected chi connectivity index (χ2v) is 3.95. The van der Waals surface area contributed by atoms with E-state index >= 15 is 0 Å². The van der Waals surface area contributed by atoms with Crippen molar-refractivity contribution in [3.63, 3.8) is 0 Å². The molecule has 0 spiro atoms. The lowest BCUT2D eigenvalue weighted by molar-refractivity contribution is 0.281. The number of ether oxygens (including phenoxy) is 1. The van der Waals surface area contributed by atoms with Gasteiger partial charge in [-0.1, -0.05) is 24.3 Å². The average molecular weight is 244 g/mol. The van der Waals surface area contributed by atoms with Gasteiger partial charge < -0.3 is 15.6 Å². The molecule has 0 bridgehead atoms. The molecule has 0 atom stereocenters. The monoisotopic (exact) mass is 244 g/mol. The second-order valence-electron chi connectivity index (χ2n) is 3.95. The maximum absolute atomic E-state index is 8.94. The molecule has 0 saturated heterocycles. The number of hydrogen-bond donors (Lipinski definition) is 2. The standard InChI is InChI=1S/C14H16N2O2/c15-7-13-5-6-14(8-16-13)18-10-12-3-1-11(9-17)2-4-12/h1-6,8,17H,7,9-10,15H2. The summed E-state index contributed by atoms with van der Waals surface area (Å²) >= 11 is 0. The first-order chi connectivity index (χ1) is 8.81. The zero-order valence-electron chi connectivity index (χ0n) is 10.0. The lowest BCUT2D eigenvalue weighted by Crippen LogP contribution is -2.00. The Hall–Kier alpha value is -1.91. The fourth-order valence-electron chi connectivity index (χ4n) is 1.52. The third-order valence-corrected chi connectivity index (χ3v) is 2.62. The molecule has 0 amide bonds. The van der Waals surface area contributed by atoms with E-state index < -0.39 is 0 Å². The predicted molar refractivity (Wildman–Crippen MR) is 68.8 cm³/mol. The number of aliphatic hydroxyl groups excluding tert-OH is 1. The molecule has 0 radical (unpaired) electrons. The summed E-state index contributed by atoms with van der Waals surface area (Å²) in [7, 11) is 0. The van der Waals surface area contributed by atoms with Crippen molar-refractivity contribution in [2.75, 3.05) is 0 Å². The van der Waals surface area contributed by atoms with Crippen LogP contribution >= 0.6 is 0 Å². The van der Waals surface area contributed by atoms with E-state index in [9.17, 15) is 0 Å².